The Morgan fingerprint density at radius 1 is 0.686 bits per heavy atom. The van der Waals surface area contributed by atoms with Crippen molar-refractivity contribution in [1.82, 2.24) is 5.32 Å². The van der Waals surface area contributed by atoms with Crippen LogP contribution in [0.2, 0.25) is 0 Å². The minimum atomic E-state index is -4.35. The maximum absolute atomic E-state index is 12.8. The first-order chi connectivity index (χ1) is 24.5. The van der Waals surface area contributed by atoms with Crippen LogP contribution >= 0.6 is 7.82 Å². The molecule has 9 heteroatoms. The molecule has 51 heavy (non-hydrogen) atoms. The highest BCUT2D eigenvalue weighted by atomic mass is 31.2. The van der Waals surface area contributed by atoms with E-state index >= 15 is 0 Å². The van der Waals surface area contributed by atoms with Gasteiger partial charge in [-0.25, -0.2) is 4.57 Å². The van der Waals surface area contributed by atoms with E-state index in [9.17, 15) is 19.4 Å². The van der Waals surface area contributed by atoms with E-state index in [-0.39, 0.29) is 19.1 Å². The molecule has 0 aromatic rings. The van der Waals surface area contributed by atoms with Gasteiger partial charge in [0.25, 0.3) is 0 Å². The van der Waals surface area contributed by atoms with Crippen molar-refractivity contribution in [2.75, 3.05) is 40.9 Å². The second-order valence-corrected chi connectivity index (χ2v) is 15.7. The number of phosphoric acid groups is 1. The number of likely N-dealkylation sites (N-methyl/N-ethyl adjacent to an activating group) is 1. The van der Waals surface area contributed by atoms with Crippen molar-refractivity contribution in [3.05, 3.63) is 72.9 Å². The molecule has 0 aliphatic heterocycles. The highest BCUT2D eigenvalue weighted by molar-refractivity contribution is 7.47. The fraction of sp³-hybridized carbons (Fsp3) is 0.690. The zero-order valence-corrected chi connectivity index (χ0v) is 34.0. The van der Waals surface area contributed by atoms with E-state index in [0.717, 1.165) is 89.9 Å². The van der Waals surface area contributed by atoms with E-state index in [1.807, 2.05) is 27.2 Å². The molecule has 3 atom stereocenters. The third kappa shape index (κ3) is 36.1. The van der Waals surface area contributed by atoms with Crippen molar-refractivity contribution >= 4 is 13.7 Å². The fourth-order valence-corrected chi connectivity index (χ4v) is 5.70. The van der Waals surface area contributed by atoms with Gasteiger partial charge in [0.1, 0.15) is 13.2 Å². The summed E-state index contributed by atoms with van der Waals surface area (Å²) in [5.74, 6) is -0.214. The molecule has 0 rings (SSSR count). The Hall–Kier alpha value is -2.06. The van der Waals surface area contributed by atoms with Gasteiger partial charge in [0, 0.05) is 6.42 Å². The van der Waals surface area contributed by atoms with Gasteiger partial charge >= 0.3 is 7.82 Å². The van der Waals surface area contributed by atoms with E-state index in [0.29, 0.717) is 17.4 Å². The molecule has 294 valence electrons. The molecule has 0 saturated carbocycles. The molecule has 8 nitrogen and oxygen atoms in total. The number of amides is 1. The summed E-state index contributed by atoms with van der Waals surface area (Å²) in [6.07, 6.45) is 44.0. The van der Waals surface area contributed by atoms with Crippen molar-refractivity contribution in [2.24, 2.45) is 0 Å². The van der Waals surface area contributed by atoms with Crippen LogP contribution in [0.25, 0.3) is 0 Å². The number of phosphoric ester groups is 1. The number of unbranched alkanes of at least 4 members (excludes halogenated alkanes) is 11. The van der Waals surface area contributed by atoms with Gasteiger partial charge in [-0.2, -0.15) is 0 Å². The summed E-state index contributed by atoms with van der Waals surface area (Å²) < 4.78 is 23.4. The second-order valence-electron chi connectivity index (χ2n) is 14.3. The summed E-state index contributed by atoms with van der Waals surface area (Å²) in [5.41, 5.74) is 0. The highest BCUT2D eigenvalue weighted by Crippen LogP contribution is 2.43. The summed E-state index contributed by atoms with van der Waals surface area (Å²) in [7, 11) is 1.52. The Kier molecular flexibility index (Phi) is 32.4. The lowest BCUT2D eigenvalue weighted by molar-refractivity contribution is -0.870. The van der Waals surface area contributed by atoms with E-state index in [1.54, 1.807) is 6.08 Å². The summed E-state index contributed by atoms with van der Waals surface area (Å²) >= 11 is 0. The standard InChI is InChI=1S/C42H75N2O6P/c1-6-8-10-12-14-16-18-20-22-24-26-28-30-32-34-36-42(46)43-40(39-50-51(47,48)49-38-37-44(3,4)5)41(45)35-33-31-29-27-25-23-21-19-17-15-13-11-9-7-2/h8,10,14,16-17,19-20,22,25,27,33,35,40-41,45H,6-7,9,11-13,15,18,21,23-24,26,28-32,34,36-39H2,1-5H3,(H-,43,46,47,48)/p+1/b10-8-,16-14-,19-17+,22-20-,27-25+,35-33+. The van der Waals surface area contributed by atoms with Crippen LogP contribution in [0.4, 0.5) is 0 Å². The number of carbonyl (C=O) groups excluding carboxylic acids is 1. The Morgan fingerprint density at radius 2 is 1.20 bits per heavy atom. The van der Waals surface area contributed by atoms with Gasteiger partial charge in [-0.05, 0) is 77.0 Å². The third-order valence-electron chi connectivity index (χ3n) is 8.14. The molecule has 3 N–H and O–H groups in total. The lowest BCUT2D eigenvalue weighted by Crippen LogP contribution is -2.45. The molecule has 0 aromatic heterocycles. The van der Waals surface area contributed by atoms with Gasteiger partial charge < -0.3 is 19.8 Å². The van der Waals surface area contributed by atoms with Crippen LogP contribution in [0.1, 0.15) is 136 Å². The number of carbonyl (C=O) groups is 1. The van der Waals surface area contributed by atoms with Crippen LogP contribution in [0.15, 0.2) is 72.9 Å². The molecule has 0 saturated heterocycles. The fourth-order valence-electron chi connectivity index (χ4n) is 4.97. The van der Waals surface area contributed by atoms with E-state index < -0.39 is 20.0 Å². The number of hydrogen-bond acceptors (Lipinski definition) is 5. The average molecular weight is 736 g/mol. The van der Waals surface area contributed by atoms with Crippen LogP contribution < -0.4 is 5.32 Å². The predicted octanol–water partition coefficient (Wildman–Crippen LogP) is 10.5. The molecule has 0 bridgehead atoms. The predicted molar refractivity (Wildman–Crippen MR) is 216 cm³/mol. The Balaban J connectivity index is 4.64. The first kappa shape index (κ1) is 48.9. The van der Waals surface area contributed by atoms with Crippen molar-refractivity contribution in [2.45, 2.75) is 148 Å². The number of allylic oxidation sites excluding steroid dienone is 11. The van der Waals surface area contributed by atoms with Crippen LogP contribution in [0.3, 0.4) is 0 Å². The molecule has 0 aliphatic carbocycles. The Morgan fingerprint density at radius 3 is 1.80 bits per heavy atom. The molecule has 0 fully saturated rings. The molecule has 1 amide bonds. The van der Waals surface area contributed by atoms with Gasteiger partial charge in [0.15, 0.2) is 0 Å². The van der Waals surface area contributed by atoms with Crippen molar-refractivity contribution in [3.63, 3.8) is 0 Å². The SMILES string of the molecule is CC/C=C\C/C=C\C/C=C\CCCCCCCC(=O)NC(COP(=O)(O)OCC[N+](C)(C)C)C(O)/C=C/CC/C=C/CC/C=C/CCCCCC. The van der Waals surface area contributed by atoms with Gasteiger partial charge in [0.05, 0.1) is 39.9 Å². The molecule has 0 aromatic carbocycles. The zero-order chi connectivity index (χ0) is 37.9. The quantitative estimate of drug-likeness (QED) is 0.0263. The number of nitrogens with zero attached hydrogens (tertiary/aromatic N) is 1. The maximum Gasteiger partial charge on any atom is 0.472 e. The summed E-state index contributed by atoms with van der Waals surface area (Å²) in [6.45, 7) is 4.60. The average Bonchev–Trinajstić information content (AvgIpc) is 3.07. The lowest BCUT2D eigenvalue weighted by Gasteiger charge is -2.25. The minimum absolute atomic E-state index is 0.0461. The smallest absolute Gasteiger partial charge is 0.387 e. The Bertz CT molecular complexity index is 1060. The van der Waals surface area contributed by atoms with Crippen molar-refractivity contribution in [3.8, 4) is 0 Å². The molecule has 0 radical (unpaired) electrons. The van der Waals surface area contributed by atoms with E-state index in [4.69, 9.17) is 9.05 Å². The van der Waals surface area contributed by atoms with Crippen molar-refractivity contribution < 1.29 is 32.9 Å². The largest absolute Gasteiger partial charge is 0.472 e. The number of aliphatic hydroxyl groups excluding tert-OH is 1. The Labute approximate surface area is 313 Å². The van der Waals surface area contributed by atoms with Gasteiger partial charge in [-0.3, -0.25) is 13.8 Å². The van der Waals surface area contributed by atoms with E-state index in [2.05, 4.69) is 79.9 Å². The molecule has 0 spiro atoms. The molecule has 0 heterocycles. The van der Waals surface area contributed by atoms with Gasteiger partial charge in [-0.15, -0.1) is 0 Å². The summed E-state index contributed by atoms with van der Waals surface area (Å²) in [6, 6.07) is -0.880. The second kappa shape index (κ2) is 33.8. The monoisotopic (exact) mass is 736 g/mol. The molecule has 3 unspecified atom stereocenters. The van der Waals surface area contributed by atoms with Crippen LogP contribution in [0, 0.1) is 0 Å². The van der Waals surface area contributed by atoms with Gasteiger partial charge in [-0.1, -0.05) is 125 Å². The highest BCUT2D eigenvalue weighted by Gasteiger charge is 2.27. The number of rotatable bonds is 34. The van der Waals surface area contributed by atoms with Crippen LogP contribution in [-0.4, -0.2) is 73.4 Å². The summed E-state index contributed by atoms with van der Waals surface area (Å²) in [5, 5.41) is 13.7. The van der Waals surface area contributed by atoms with Crippen molar-refractivity contribution in [1.29, 1.82) is 0 Å². The number of aliphatic hydroxyl groups is 1. The summed E-state index contributed by atoms with van der Waals surface area (Å²) in [4.78, 5) is 23.0. The number of quaternary nitrogens is 1. The number of nitrogens with one attached hydrogen (secondary N) is 1. The zero-order valence-electron chi connectivity index (χ0n) is 33.1. The van der Waals surface area contributed by atoms with Crippen LogP contribution in [-0.2, 0) is 18.4 Å². The third-order valence-corrected chi connectivity index (χ3v) is 9.12. The van der Waals surface area contributed by atoms with Gasteiger partial charge in [0.2, 0.25) is 5.91 Å². The molecular weight excluding hydrogens is 659 g/mol. The molecular formula is C42H76N2O6P+. The minimum Gasteiger partial charge on any atom is -0.387 e. The van der Waals surface area contributed by atoms with Crippen LogP contribution in [0.5, 0.6) is 0 Å². The maximum atomic E-state index is 12.8. The first-order valence-electron chi connectivity index (χ1n) is 19.8. The first-order valence-corrected chi connectivity index (χ1v) is 21.3. The molecule has 0 aliphatic rings. The normalized spacial score (nSPS) is 15.4. The lowest BCUT2D eigenvalue weighted by atomic mass is 10.1. The number of hydrogen-bond donors (Lipinski definition) is 3. The topological polar surface area (TPSA) is 105 Å². The van der Waals surface area contributed by atoms with E-state index in [1.165, 1.54) is 25.7 Å².